The first-order valence-corrected chi connectivity index (χ1v) is 5.18. The molecule has 0 radical (unpaired) electrons. The summed E-state index contributed by atoms with van der Waals surface area (Å²) in [4.78, 5) is 24.3. The Kier molecular flexibility index (Phi) is 3.15. The van der Waals surface area contributed by atoms with Crippen LogP contribution in [0.5, 0.6) is 0 Å². The van der Waals surface area contributed by atoms with Crippen molar-refractivity contribution in [3.63, 3.8) is 0 Å². The van der Waals surface area contributed by atoms with Crippen LogP contribution in [0.3, 0.4) is 0 Å². The fourth-order valence-corrected chi connectivity index (χ4v) is 2.16. The quantitative estimate of drug-likeness (QED) is 0.390. The summed E-state index contributed by atoms with van der Waals surface area (Å²) in [7, 11) is 0. The van der Waals surface area contributed by atoms with Gasteiger partial charge in [-0.2, -0.15) is 0 Å². The molecule has 0 saturated carbocycles. The Morgan fingerprint density at radius 1 is 1.64 bits per heavy atom. The van der Waals surface area contributed by atoms with E-state index in [0.717, 1.165) is 11.8 Å². The summed E-state index contributed by atoms with van der Waals surface area (Å²) in [6.07, 6.45) is 0.154. The lowest BCUT2D eigenvalue weighted by atomic mass is 10.3. The molecule has 0 aliphatic carbocycles. The summed E-state index contributed by atoms with van der Waals surface area (Å²) in [5.74, 6) is -0.408. The lowest BCUT2D eigenvalue weighted by Gasteiger charge is -2.18. The topological polar surface area (TPSA) is 87.2 Å². The molecular formula is C8H13N3O2S. The maximum atomic E-state index is 11.6. The Bertz CT molecular complexity index is 290. The van der Waals surface area contributed by atoms with Gasteiger partial charge in [-0.05, 0) is 13.8 Å². The third-order valence-electron chi connectivity index (χ3n) is 1.93. The molecule has 78 valence electrons. The molecule has 0 spiro atoms. The zero-order chi connectivity index (χ0) is 10.9. The molecule has 14 heavy (non-hydrogen) atoms. The third kappa shape index (κ3) is 2.06. The third-order valence-corrected chi connectivity index (χ3v) is 2.83. The maximum Gasteiger partial charge on any atom is 0.243 e. The highest BCUT2D eigenvalue weighted by Crippen LogP contribution is 2.26. The van der Waals surface area contributed by atoms with Crippen LogP contribution >= 0.6 is 11.8 Å². The standard InChI is InChI=1S/C8H13N3O2S/c1-4(2)11-6(12)3-5(7(11)13)14-8(9)10/h4-5H,3H2,1-2H3,(H3,9,10). The van der Waals surface area contributed by atoms with Crippen molar-refractivity contribution in [1.82, 2.24) is 4.90 Å². The lowest BCUT2D eigenvalue weighted by molar-refractivity contribution is -0.140. The molecule has 1 aliphatic rings. The van der Waals surface area contributed by atoms with Gasteiger partial charge in [0, 0.05) is 12.5 Å². The summed E-state index contributed by atoms with van der Waals surface area (Å²) in [6.45, 7) is 3.58. The average molecular weight is 215 g/mol. The predicted molar refractivity (Wildman–Crippen MR) is 54.9 cm³/mol. The number of amidine groups is 1. The van der Waals surface area contributed by atoms with Crippen LogP contribution in [0.4, 0.5) is 0 Å². The average Bonchev–Trinajstić information content (AvgIpc) is 2.25. The van der Waals surface area contributed by atoms with Gasteiger partial charge in [-0.15, -0.1) is 0 Å². The van der Waals surface area contributed by atoms with Crippen LogP contribution < -0.4 is 5.73 Å². The van der Waals surface area contributed by atoms with Crippen molar-refractivity contribution in [1.29, 1.82) is 5.41 Å². The van der Waals surface area contributed by atoms with E-state index in [1.165, 1.54) is 4.90 Å². The smallest absolute Gasteiger partial charge is 0.243 e. The highest BCUT2D eigenvalue weighted by molar-refractivity contribution is 8.14. The monoisotopic (exact) mass is 215 g/mol. The number of nitrogens with zero attached hydrogens (tertiary/aromatic N) is 1. The molecule has 6 heteroatoms. The minimum atomic E-state index is -0.498. The molecule has 2 amide bonds. The van der Waals surface area contributed by atoms with Crippen LogP contribution in [0, 0.1) is 5.41 Å². The molecule has 1 heterocycles. The highest BCUT2D eigenvalue weighted by atomic mass is 32.2. The molecule has 5 nitrogen and oxygen atoms in total. The van der Waals surface area contributed by atoms with Crippen LogP contribution in [0.25, 0.3) is 0 Å². The van der Waals surface area contributed by atoms with Crippen LogP contribution in [0.15, 0.2) is 0 Å². The zero-order valence-corrected chi connectivity index (χ0v) is 8.93. The number of thioether (sulfide) groups is 1. The fraction of sp³-hybridized carbons (Fsp3) is 0.625. The SMILES string of the molecule is CC(C)N1C(=O)CC(SC(=N)N)C1=O. The van der Waals surface area contributed by atoms with E-state index in [1.54, 1.807) is 13.8 Å². The first kappa shape index (κ1) is 11.0. The summed E-state index contributed by atoms with van der Waals surface area (Å²) in [5, 5.41) is 6.43. The number of hydrogen-bond acceptors (Lipinski definition) is 4. The van der Waals surface area contributed by atoms with Gasteiger partial charge in [-0.3, -0.25) is 19.9 Å². The Labute approximate surface area is 86.5 Å². The number of carbonyl (C=O) groups is 2. The Hall–Kier alpha value is -1.04. The van der Waals surface area contributed by atoms with E-state index in [2.05, 4.69) is 0 Å². The number of amides is 2. The van der Waals surface area contributed by atoms with Gasteiger partial charge < -0.3 is 5.73 Å². The second kappa shape index (κ2) is 4.00. The fourth-order valence-electron chi connectivity index (χ4n) is 1.41. The molecule has 1 saturated heterocycles. The van der Waals surface area contributed by atoms with E-state index >= 15 is 0 Å². The summed E-state index contributed by atoms with van der Waals surface area (Å²) < 4.78 is 0. The van der Waals surface area contributed by atoms with E-state index in [0.29, 0.717) is 0 Å². The molecule has 0 aromatic carbocycles. The number of imide groups is 1. The molecule has 0 aromatic rings. The van der Waals surface area contributed by atoms with Gasteiger partial charge in [-0.1, -0.05) is 11.8 Å². The van der Waals surface area contributed by atoms with Crippen molar-refractivity contribution in [2.75, 3.05) is 0 Å². The summed E-state index contributed by atoms with van der Waals surface area (Å²) in [5.41, 5.74) is 5.17. The van der Waals surface area contributed by atoms with E-state index < -0.39 is 5.25 Å². The molecule has 0 bridgehead atoms. The Morgan fingerprint density at radius 2 is 2.21 bits per heavy atom. The maximum absolute atomic E-state index is 11.6. The van der Waals surface area contributed by atoms with Gasteiger partial charge in [0.2, 0.25) is 11.8 Å². The molecule has 0 aromatic heterocycles. The minimum Gasteiger partial charge on any atom is -0.379 e. The first-order chi connectivity index (χ1) is 6.43. The van der Waals surface area contributed by atoms with Gasteiger partial charge >= 0.3 is 0 Å². The number of nitrogens with two attached hydrogens (primary N) is 1. The van der Waals surface area contributed by atoms with E-state index in [9.17, 15) is 9.59 Å². The normalized spacial score (nSPS) is 22.2. The van der Waals surface area contributed by atoms with E-state index in [1.807, 2.05) is 0 Å². The van der Waals surface area contributed by atoms with Crippen molar-refractivity contribution < 1.29 is 9.59 Å². The van der Waals surface area contributed by atoms with Gasteiger partial charge in [0.1, 0.15) is 5.25 Å². The minimum absolute atomic E-state index is 0.118. The van der Waals surface area contributed by atoms with Crippen LogP contribution in [-0.2, 0) is 9.59 Å². The number of nitrogens with one attached hydrogen (secondary N) is 1. The van der Waals surface area contributed by atoms with Crippen LogP contribution in [0.2, 0.25) is 0 Å². The molecule has 1 aliphatic heterocycles. The zero-order valence-electron chi connectivity index (χ0n) is 8.11. The van der Waals surface area contributed by atoms with Gasteiger partial charge in [0.25, 0.3) is 0 Å². The molecule has 1 atom stereocenters. The van der Waals surface area contributed by atoms with Crippen LogP contribution in [0.1, 0.15) is 20.3 Å². The Balaban J connectivity index is 2.74. The van der Waals surface area contributed by atoms with Crippen LogP contribution in [-0.4, -0.2) is 33.2 Å². The van der Waals surface area contributed by atoms with Crippen molar-refractivity contribution in [2.24, 2.45) is 5.73 Å². The predicted octanol–water partition coefficient (Wildman–Crippen LogP) is 0.149. The van der Waals surface area contributed by atoms with Crippen molar-refractivity contribution in [3.05, 3.63) is 0 Å². The highest BCUT2D eigenvalue weighted by Gasteiger charge is 2.40. The van der Waals surface area contributed by atoms with E-state index in [-0.39, 0.29) is 29.4 Å². The van der Waals surface area contributed by atoms with Crippen molar-refractivity contribution in [2.45, 2.75) is 31.6 Å². The van der Waals surface area contributed by atoms with Gasteiger partial charge in [-0.25, -0.2) is 0 Å². The van der Waals surface area contributed by atoms with Crippen molar-refractivity contribution in [3.8, 4) is 0 Å². The second-order valence-electron chi connectivity index (χ2n) is 3.37. The largest absolute Gasteiger partial charge is 0.379 e. The molecular weight excluding hydrogens is 202 g/mol. The molecule has 1 fully saturated rings. The van der Waals surface area contributed by atoms with Gasteiger partial charge in [0.05, 0.1) is 0 Å². The molecule has 1 rings (SSSR count). The molecule has 3 N–H and O–H groups in total. The lowest BCUT2D eigenvalue weighted by Crippen LogP contribution is -2.37. The summed E-state index contributed by atoms with van der Waals surface area (Å²) >= 11 is 0.944. The number of rotatable bonds is 2. The number of likely N-dealkylation sites (tertiary alicyclic amines) is 1. The number of hydrogen-bond donors (Lipinski definition) is 2. The Morgan fingerprint density at radius 3 is 2.57 bits per heavy atom. The molecule has 1 unspecified atom stereocenters. The number of carbonyl (C=O) groups excluding carboxylic acids is 2. The van der Waals surface area contributed by atoms with Gasteiger partial charge in [0.15, 0.2) is 5.17 Å². The first-order valence-electron chi connectivity index (χ1n) is 4.30. The van der Waals surface area contributed by atoms with Crippen molar-refractivity contribution >= 4 is 28.7 Å². The van der Waals surface area contributed by atoms with E-state index in [4.69, 9.17) is 11.1 Å². The second-order valence-corrected chi connectivity index (χ2v) is 4.62. The summed E-state index contributed by atoms with van der Waals surface area (Å²) in [6, 6.07) is -0.118.